The van der Waals surface area contributed by atoms with Gasteiger partial charge >= 0.3 is 0 Å². The van der Waals surface area contributed by atoms with Gasteiger partial charge in [-0.15, -0.1) is 0 Å². The molecular formula is C18H18N2O2. The minimum Gasteiger partial charge on any atom is -0.338 e. The van der Waals surface area contributed by atoms with Crippen LogP contribution in [0.2, 0.25) is 0 Å². The third-order valence-electron chi connectivity index (χ3n) is 3.85. The van der Waals surface area contributed by atoms with Crippen LogP contribution >= 0.6 is 0 Å². The van der Waals surface area contributed by atoms with E-state index in [1.807, 2.05) is 54.6 Å². The van der Waals surface area contributed by atoms with Crippen LogP contribution in [0.5, 0.6) is 0 Å². The first-order valence-corrected chi connectivity index (χ1v) is 7.46. The molecule has 2 amide bonds. The van der Waals surface area contributed by atoms with Crippen molar-refractivity contribution in [3.05, 3.63) is 65.7 Å². The topological polar surface area (TPSA) is 49.4 Å². The molecule has 112 valence electrons. The van der Waals surface area contributed by atoms with Crippen molar-refractivity contribution in [2.45, 2.75) is 12.8 Å². The van der Waals surface area contributed by atoms with Crippen molar-refractivity contribution in [1.82, 2.24) is 4.90 Å². The lowest BCUT2D eigenvalue weighted by Crippen LogP contribution is -2.39. The van der Waals surface area contributed by atoms with E-state index in [0.717, 1.165) is 23.2 Å². The first kappa shape index (κ1) is 14.3. The fourth-order valence-corrected chi connectivity index (χ4v) is 2.67. The van der Waals surface area contributed by atoms with Crippen LogP contribution in [0.3, 0.4) is 0 Å². The summed E-state index contributed by atoms with van der Waals surface area (Å²) in [6.07, 6.45) is 1.16. The molecule has 0 atom stereocenters. The first-order valence-electron chi connectivity index (χ1n) is 7.46. The summed E-state index contributed by atoms with van der Waals surface area (Å²) in [5, 5.41) is 2.84. The van der Waals surface area contributed by atoms with Crippen LogP contribution in [0.15, 0.2) is 54.6 Å². The second-order valence-corrected chi connectivity index (χ2v) is 5.36. The lowest BCUT2D eigenvalue weighted by Gasteiger charge is -2.28. The molecule has 0 fully saturated rings. The van der Waals surface area contributed by atoms with Crippen LogP contribution in [0.25, 0.3) is 0 Å². The number of nitrogens with zero attached hydrogens (tertiary/aromatic N) is 1. The summed E-state index contributed by atoms with van der Waals surface area (Å²) < 4.78 is 0. The highest BCUT2D eigenvalue weighted by atomic mass is 16.2. The molecule has 1 aliphatic heterocycles. The number of hydrogen-bond acceptors (Lipinski definition) is 2. The molecule has 0 radical (unpaired) electrons. The highest BCUT2D eigenvalue weighted by molar-refractivity contribution is 5.97. The molecule has 0 unspecified atom stereocenters. The first-order chi connectivity index (χ1) is 10.7. The molecule has 1 heterocycles. The van der Waals surface area contributed by atoms with Gasteiger partial charge in [-0.05, 0) is 30.2 Å². The van der Waals surface area contributed by atoms with E-state index in [0.29, 0.717) is 19.5 Å². The summed E-state index contributed by atoms with van der Waals surface area (Å²) in [5.41, 5.74) is 2.64. The summed E-state index contributed by atoms with van der Waals surface area (Å²) in [5.74, 6) is -0.0489. The smallest absolute Gasteiger partial charge is 0.254 e. The molecule has 3 rings (SSSR count). The summed E-state index contributed by atoms with van der Waals surface area (Å²) in [4.78, 5) is 26.1. The number of amides is 2. The molecule has 0 bridgehead atoms. The fraction of sp³-hybridized carbons (Fsp3) is 0.222. The maximum atomic E-state index is 12.4. The van der Waals surface area contributed by atoms with E-state index >= 15 is 0 Å². The molecule has 1 N–H and O–H groups in total. The van der Waals surface area contributed by atoms with E-state index in [4.69, 9.17) is 0 Å². The van der Waals surface area contributed by atoms with E-state index in [9.17, 15) is 9.59 Å². The number of nitrogens with one attached hydrogen (secondary N) is 1. The van der Waals surface area contributed by atoms with Crippen LogP contribution in [-0.4, -0.2) is 29.8 Å². The molecule has 2 aromatic rings. The van der Waals surface area contributed by atoms with Gasteiger partial charge in [-0.3, -0.25) is 9.59 Å². The summed E-state index contributed by atoms with van der Waals surface area (Å²) in [6.45, 7) is 1.13. The Morgan fingerprint density at radius 2 is 1.77 bits per heavy atom. The Bertz CT molecular complexity index is 682. The predicted octanol–water partition coefficient (Wildman–Crippen LogP) is 2.71. The van der Waals surface area contributed by atoms with E-state index in [2.05, 4.69) is 5.32 Å². The highest BCUT2D eigenvalue weighted by Crippen LogP contribution is 2.18. The number of carbonyl (C=O) groups excluding carboxylic acids is 2. The zero-order chi connectivity index (χ0) is 15.4. The van der Waals surface area contributed by atoms with Crippen molar-refractivity contribution in [3.63, 3.8) is 0 Å². The van der Waals surface area contributed by atoms with Gasteiger partial charge in [0.15, 0.2) is 0 Å². The molecule has 2 aromatic carbocycles. The van der Waals surface area contributed by atoms with Crippen molar-refractivity contribution in [3.8, 4) is 0 Å². The van der Waals surface area contributed by atoms with Gasteiger partial charge in [-0.25, -0.2) is 0 Å². The van der Waals surface area contributed by atoms with Crippen molar-refractivity contribution < 1.29 is 9.59 Å². The van der Waals surface area contributed by atoms with Crippen LogP contribution < -0.4 is 5.32 Å². The van der Waals surface area contributed by atoms with Gasteiger partial charge in [0.1, 0.15) is 0 Å². The Labute approximate surface area is 129 Å². The van der Waals surface area contributed by atoms with Gasteiger partial charge in [-0.1, -0.05) is 36.4 Å². The minimum atomic E-state index is -0.0714. The number of para-hydroxylation sites is 1. The Kier molecular flexibility index (Phi) is 4.19. The largest absolute Gasteiger partial charge is 0.338 e. The quantitative estimate of drug-likeness (QED) is 0.942. The second-order valence-electron chi connectivity index (χ2n) is 5.36. The summed E-state index contributed by atoms with van der Waals surface area (Å²) in [6, 6.07) is 17.0. The third-order valence-corrected chi connectivity index (χ3v) is 3.85. The highest BCUT2D eigenvalue weighted by Gasteiger charge is 2.23. The number of benzene rings is 2. The number of fused-ring (bicyclic) bond motifs is 1. The standard InChI is InChI=1S/C18H18N2O2/c21-17(19-15-7-2-1-3-8-15)11-13-20-12-10-14-6-4-5-9-16(14)18(20)22/h1-9H,10-13H2,(H,19,21). The van der Waals surface area contributed by atoms with Gasteiger partial charge in [0, 0.05) is 30.8 Å². The van der Waals surface area contributed by atoms with Crippen molar-refractivity contribution in [2.75, 3.05) is 18.4 Å². The monoisotopic (exact) mass is 294 g/mol. The van der Waals surface area contributed by atoms with Gasteiger partial charge in [0.25, 0.3) is 5.91 Å². The maximum Gasteiger partial charge on any atom is 0.254 e. The Morgan fingerprint density at radius 3 is 2.59 bits per heavy atom. The number of anilines is 1. The van der Waals surface area contributed by atoms with Gasteiger partial charge in [0.05, 0.1) is 0 Å². The fourth-order valence-electron chi connectivity index (χ4n) is 2.67. The van der Waals surface area contributed by atoms with E-state index in [1.165, 1.54) is 0 Å². The Balaban J connectivity index is 1.56. The van der Waals surface area contributed by atoms with Crippen molar-refractivity contribution >= 4 is 17.5 Å². The SMILES string of the molecule is O=C(CCN1CCc2ccccc2C1=O)Nc1ccccc1. The lowest BCUT2D eigenvalue weighted by molar-refractivity contribution is -0.116. The van der Waals surface area contributed by atoms with Gasteiger partial charge in [0.2, 0.25) is 5.91 Å². The number of carbonyl (C=O) groups is 2. The average molecular weight is 294 g/mol. The summed E-state index contributed by atoms with van der Waals surface area (Å²) in [7, 11) is 0. The molecule has 0 saturated heterocycles. The number of rotatable bonds is 4. The molecule has 4 heteroatoms. The molecule has 22 heavy (non-hydrogen) atoms. The molecule has 0 aliphatic carbocycles. The Morgan fingerprint density at radius 1 is 1.05 bits per heavy atom. The van der Waals surface area contributed by atoms with Gasteiger partial charge in [-0.2, -0.15) is 0 Å². The Hall–Kier alpha value is -2.62. The van der Waals surface area contributed by atoms with Crippen LogP contribution in [0.1, 0.15) is 22.3 Å². The summed E-state index contributed by atoms with van der Waals surface area (Å²) >= 11 is 0. The zero-order valence-electron chi connectivity index (χ0n) is 12.3. The van der Waals surface area contributed by atoms with E-state index in [1.54, 1.807) is 4.90 Å². The second kappa shape index (κ2) is 6.43. The van der Waals surface area contributed by atoms with Crippen LogP contribution in [0.4, 0.5) is 5.69 Å². The predicted molar refractivity (Wildman–Crippen MR) is 85.7 cm³/mol. The average Bonchev–Trinajstić information content (AvgIpc) is 2.55. The van der Waals surface area contributed by atoms with E-state index < -0.39 is 0 Å². The molecule has 1 aliphatic rings. The van der Waals surface area contributed by atoms with E-state index in [-0.39, 0.29) is 11.8 Å². The molecular weight excluding hydrogens is 276 g/mol. The molecule has 4 nitrogen and oxygen atoms in total. The lowest BCUT2D eigenvalue weighted by atomic mass is 9.99. The normalized spacial score (nSPS) is 13.6. The minimum absolute atomic E-state index is 0.0226. The van der Waals surface area contributed by atoms with Gasteiger partial charge < -0.3 is 10.2 Å². The van der Waals surface area contributed by atoms with Crippen molar-refractivity contribution in [1.29, 1.82) is 0 Å². The van der Waals surface area contributed by atoms with Crippen LogP contribution in [-0.2, 0) is 11.2 Å². The third kappa shape index (κ3) is 3.17. The van der Waals surface area contributed by atoms with Crippen LogP contribution in [0, 0.1) is 0 Å². The van der Waals surface area contributed by atoms with Crippen molar-refractivity contribution in [2.24, 2.45) is 0 Å². The molecule has 0 spiro atoms. The molecule has 0 aromatic heterocycles. The zero-order valence-corrected chi connectivity index (χ0v) is 12.3. The maximum absolute atomic E-state index is 12.4. The number of hydrogen-bond donors (Lipinski definition) is 1. The molecule has 0 saturated carbocycles.